The van der Waals surface area contributed by atoms with Crippen molar-refractivity contribution in [3.05, 3.63) is 23.8 Å². The molecular weight excluding hydrogens is 228 g/mol. The summed E-state index contributed by atoms with van der Waals surface area (Å²) in [6.45, 7) is 3.57. The second-order valence-corrected chi connectivity index (χ2v) is 4.42. The van der Waals surface area contributed by atoms with Gasteiger partial charge in [0.15, 0.2) is 0 Å². The number of benzene rings is 1. The molecule has 0 radical (unpaired) electrons. The standard InChI is InChI=1S/C14H22N2O2/c1-4-12(15)7-5-11-6-8-14(18-3)13(9-11)16-10(2)17/h6,8-9,12H,4-5,7,15H2,1-3H3,(H,16,17). The molecule has 1 aromatic rings. The minimum Gasteiger partial charge on any atom is -0.495 e. The lowest BCUT2D eigenvalue weighted by Gasteiger charge is -2.12. The van der Waals surface area contributed by atoms with Crippen molar-refractivity contribution in [1.82, 2.24) is 0 Å². The van der Waals surface area contributed by atoms with Crippen LogP contribution in [0.15, 0.2) is 18.2 Å². The summed E-state index contributed by atoms with van der Waals surface area (Å²) in [5.41, 5.74) is 7.77. The Morgan fingerprint density at radius 3 is 2.78 bits per heavy atom. The molecule has 0 saturated heterocycles. The van der Waals surface area contributed by atoms with Crippen LogP contribution in [0.5, 0.6) is 5.75 Å². The van der Waals surface area contributed by atoms with Gasteiger partial charge in [-0.3, -0.25) is 4.79 Å². The van der Waals surface area contributed by atoms with Crippen molar-refractivity contribution in [2.24, 2.45) is 5.73 Å². The molecule has 1 rings (SSSR count). The number of ether oxygens (including phenoxy) is 1. The number of anilines is 1. The van der Waals surface area contributed by atoms with Crippen molar-refractivity contribution in [2.45, 2.75) is 39.2 Å². The van der Waals surface area contributed by atoms with Crippen LogP contribution in [0.3, 0.4) is 0 Å². The Labute approximate surface area is 109 Å². The summed E-state index contributed by atoms with van der Waals surface area (Å²) < 4.78 is 5.21. The molecule has 1 amide bonds. The van der Waals surface area contributed by atoms with Gasteiger partial charge in [0.25, 0.3) is 0 Å². The van der Waals surface area contributed by atoms with Crippen molar-refractivity contribution in [3.63, 3.8) is 0 Å². The third-order valence-corrected chi connectivity index (χ3v) is 2.90. The van der Waals surface area contributed by atoms with Gasteiger partial charge in [-0.15, -0.1) is 0 Å². The molecule has 100 valence electrons. The van der Waals surface area contributed by atoms with Crippen LogP contribution in [0.25, 0.3) is 0 Å². The van der Waals surface area contributed by atoms with Gasteiger partial charge in [-0.05, 0) is 37.0 Å². The van der Waals surface area contributed by atoms with Gasteiger partial charge in [0.2, 0.25) is 5.91 Å². The summed E-state index contributed by atoms with van der Waals surface area (Å²) in [6.07, 6.45) is 2.84. The molecule has 4 nitrogen and oxygen atoms in total. The molecule has 0 spiro atoms. The first kappa shape index (κ1) is 14.5. The number of carbonyl (C=O) groups excluding carboxylic acids is 1. The highest BCUT2D eigenvalue weighted by atomic mass is 16.5. The molecule has 0 aromatic heterocycles. The number of carbonyl (C=O) groups is 1. The van der Waals surface area contributed by atoms with Crippen LogP contribution in [0.1, 0.15) is 32.3 Å². The Balaban J connectivity index is 2.78. The van der Waals surface area contributed by atoms with Crippen LogP contribution in [0.4, 0.5) is 5.69 Å². The van der Waals surface area contributed by atoms with Crippen molar-refractivity contribution < 1.29 is 9.53 Å². The van der Waals surface area contributed by atoms with E-state index in [-0.39, 0.29) is 11.9 Å². The zero-order valence-corrected chi connectivity index (χ0v) is 11.3. The van der Waals surface area contributed by atoms with E-state index in [0.29, 0.717) is 11.4 Å². The number of amides is 1. The van der Waals surface area contributed by atoms with Gasteiger partial charge in [-0.2, -0.15) is 0 Å². The first-order valence-corrected chi connectivity index (χ1v) is 6.27. The topological polar surface area (TPSA) is 64.3 Å². The Bertz CT molecular complexity index is 405. The molecule has 0 saturated carbocycles. The third kappa shape index (κ3) is 4.37. The Morgan fingerprint density at radius 2 is 2.22 bits per heavy atom. The van der Waals surface area contributed by atoms with E-state index in [1.54, 1.807) is 7.11 Å². The summed E-state index contributed by atoms with van der Waals surface area (Å²) in [5, 5.41) is 2.77. The molecule has 0 heterocycles. The minimum absolute atomic E-state index is 0.101. The van der Waals surface area contributed by atoms with Crippen LogP contribution in [0, 0.1) is 0 Å². The van der Waals surface area contributed by atoms with E-state index in [2.05, 4.69) is 12.2 Å². The van der Waals surface area contributed by atoms with Crippen LogP contribution < -0.4 is 15.8 Å². The van der Waals surface area contributed by atoms with E-state index >= 15 is 0 Å². The van der Waals surface area contributed by atoms with Crippen LogP contribution >= 0.6 is 0 Å². The number of hydrogen-bond donors (Lipinski definition) is 2. The third-order valence-electron chi connectivity index (χ3n) is 2.90. The highest BCUT2D eigenvalue weighted by Crippen LogP contribution is 2.26. The summed E-state index contributed by atoms with van der Waals surface area (Å²) >= 11 is 0. The van der Waals surface area contributed by atoms with E-state index < -0.39 is 0 Å². The van der Waals surface area contributed by atoms with Gasteiger partial charge in [-0.1, -0.05) is 13.0 Å². The number of methoxy groups -OCH3 is 1. The Hall–Kier alpha value is -1.55. The lowest BCUT2D eigenvalue weighted by atomic mass is 10.0. The van der Waals surface area contributed by atoms with E-state index in [0.717, 1.165) is 24.8 Å². The highest BCUT2D eigenvalue weighted by Gasteiger charge is 2.07. The summed E-state index contributed by atoms with van der Waals surface area (Å²) in [7, 11) is 1.59. The Morgan fingerprint density at radius 1 is 1.50 bits per heavy atom. The predicted molar refractivity (Wildman–Crippen MR) is 73.9 cm³/mol. The summed E-state index contributed by atoms with van der Waals surface area (Å²) in [4.78, 5) is 11.1. The molecule has 0 aliphatic rings. The zero-order valence-electron chi connectivity index (χ0n) is 11.3. The average molecular weight is 250 g/mol. The molecule has 4 heteroatoms. The van der Waals surface area contributed by atoms with Crippen LogP contribution in [0.2, 0.25) is 0 Å². The first-order chi connectivity index (χ1) is 8.56. The number of nitrogens with one attached hydrogen (secondary N) is 1. The monoisotopic (exact) mass is 250 g/mol. The van der Waals surface area contributed by atoms with Crippen molar-refractivity contribution in [1.29, 1.82) is 0 Å². The zero-order chi connectivity index (χ0) is 13.5. The first-order valence-electron chi connectivity index (χ1n) is 6.27. The van der Waals surface area contributed by atoms with Gasteiger partial charge in [-0.25, -0.2) is 0 Å². The lowest BCUT2D eigenvalue weighted by Crippen LogP contribution is -2.19. The second-order valence-electron chi connectivity index (χ2n) is 4.42. The molecule has 0 bridgehead atoms. The molecule has 1 unspecified atom stereocenters. The number of rotatable bonds is 6. The number of nitrogens with two attached hydrogens (primary N) is 1. The van der Waals surface area contributed by atoms with E-state index in [4.69, 9.17) is 10.5 Å². The average Bonchev–Trinajstić information content (AvgIpc) is 2.35. The maximum absolute atomic E-state index is 11.1. The maximum atomic E-state index is 11.1. The molecule has 1 atom stereocenters. The fourth-order valence-electron chi connectivity index (χ4n) is 1.75. The molecular formula is C14H22N2O2. The van der Waals surface area contributed by atoms with Gasteiger partial charge in [0, 0.05) is 13.0 Å². The second kappa shape index (κ2) is 7.01. The highest BCUT2D eigenvalue weighted by molar-refractivity contribution is 5.90. The maximum Gasteiger partial charge on any atom is 0.221 e. The fraction of sp³-hybridized carbons (Fsp3) is 0.500. The van der Waals surface area contributed by atoms with Gasteiger partial charge < -0.3 is 15.8 Å². The van der Waals surface area contributed by atoms with E-state index in [1.165, 1.54) is 6.92 Å². The lowest BCUT2D eigenvalue weighted by molar-refractivity contribution is -0.114. The normalized spacial score (nSPS) is 12.0. The summed E-state index contributed by atoms with van der Waals surface area (Å²) in [6, 6.07) is 6.06. The van der Waals surface area contributed by atoms with Crippen molar-refractivity contribution >= 4 is 11.6 Å². The van der Waals surface area contributed by atoms with Gasteiger partial charge >= 0.3 is 0 Å². The number of aryl methyl sites for hydroxylation is 1. The van der Waals surface area contributed by atoms with Crippen molar-refractivity contribution in [3.8, 4) is 5.75 Å². The predicted octanol–water partition coefficient (Wildman–Crippen LogP) is 2.32. The minimum atomic E-state index is -0.101. The van der Waals surface area contributed by atoms with E-state index in [1.807, 2.05) is 18.2 Å². The van der Waals surface area contributed by atoms with Crippen LogP contribution in [-0.4, -0.2) is 19.1 Å². The molecule has 3 N–H and O–H groups in total. The molecule has 18 heavy (non-hydrogen) atoms. The quantitative estimate of drug-likeness (QED) is 0.814. The van der Waals surface area contributed by atoms with Gasteiger partial charge in [0.1, 0.15) is 5.75 Å². The molecule has 0 aliphatic carbocycles. The molecule has 0 fully saturated rings. The smallest absolute Gasteiger partial charge is 0.221 e. The van der Waals surface area contributed by atoms with Crippen LogP contribution in [-0.2, 0) is 11.2 Å². The van der Waals surface area contributed by atoms with Gasteiger partial charge in [0.05, 0.1) is 12.8 Å². The summed E-state index contributed by atoms with van der Waals surface area (Å²) in [5.74, 6) is 0.574. The number of hydrogen-bond acceptors (Lipinski definition) is 3. The Kier molecular flexibility index (Phi) is 5.65. The fourth-order valence-corrected chi connectivity index (χ4v) is 1.75. The van der Waals surface area contributed by atoms with Crippen molar-refractivity contribution in [2.75, 3.05) is 12.4 Å². The largest absolute Gasteiger partial charge is 0.495 e. The van der Waals surface area contributed by atoms with E-state index in [9.17, 15) is 4.79 Å². The molecule has 1 aromatic carbocycles. The molecule has 0 aliphatic heterocycles. The SMILES string of the molecule is CCC(N)CCc1ccc(OC)c(NC(C)=O)c1.